The van der Waals surface area contributed by atoms with Gasteiger partial charge in [-0.25, -0.2) is 8.42 Å². The summed E-state index contributed by atoms with van der Waals surface area (Å²) in [5.41, 5.74) is 2.50. The lowest BCUT2D eigenvalue weighted by molar-refractivity contribution is 0.226. The second-order valence-electron chi connectivity index (χ2n) is 8.07. The highest BCUT2D eigenvalue weighted by molar-refractivity contribution is 7.92. The van der Waals surface area contributed by atoms with E-state index in [1.165, 1.54) is 11.1 Å². The Balaban J connectivity index is 1.86. The molecule has 1 aliphatic heterocycles. The van der Waals surface area contributed by atoms with Crippen molar-refractivity contribution < 1.29 is 8.42 Å². The number of rotatable bonds is 7. The van der Waals surface area contributed by atoms with Crippen molar-refractivity contribution in [1.29, 1.82) is 0 Å². The summed E-state index contributed by atoms with van der Waals surface area (Å²) in [5, 5.41) is -0.461. The predicted molar refractivity (Wildman–Crippen MR) is 117 cm³/mol. The molecular formula is C24H31NO2S. The first-order valence-corrected chi connectivity index (χ1v) is 11.8. The Morgan fingerprint density at radius 2 is 1.61 bits per heavy atom. The summed E-state index contributed by atoms with van der Waals surface area (Å²) in [6.07, 6.45) is 5.84. The fourth-order valence-electron chi connectivity index (χ4n) is 3.85. The molecule has 0 amide bonds. The third kappa shape index (κ3) is 5.33. The summed E-state index contributed by atoms with van der Waals surface area (Å²) in [5.74, 6) is 0.484. The quantitative estimate of drug-likeness (QED) is 0.627. The zero-order valence-electron chi connectivity index (χ0n) is 16.9. The zero-order chi connectivity index (χ0) is 20.0. The first-order valence-electron chi connectivity index (χ1n) is 10.2. The Kier molecular flexibility index (Phi) is 7.08. The normalized spacial score (nSPS) is 18.5. The van der Waals surface area contributed by atoms with Crippen LogP contribution < -0.4 is 0 Å². The minimum atomic E-state index is -3.39. The smallest absolute Gasteiger partial charge is 0.194 e. The lowest BCUT2D eigenvalue weighted by atomic mass is 10.0. The van der Waals surface area contributed by atoms with Gasteiger partial charge in [-0.3, -0.25) is 4.90 Å². The van der Waals surface area contributed by atoms with Gasteiger partial charge in [-0.15, -0.1) is 0 Å². The Labute approximate surface area is 170 Å². The number of sulfone groups is 1. The molecule has 28 heavy (non-hydrogen) atoms. The molecule has 0 bridgehead atoms. The second kappa shape index (κ2) is 9.53. The molecule has 0 N–H and O–H groups in total. The van der Waals surface area contributed by atoms with Crippen molar-refractivity contribution in [2.24, 2.45) is 5.92 Å². The molecule has 0 aliphatic carbocycles. The lowest BCUT2D eigenvalue weighted by Gasteiger charge is -2.35. The minimum Gasteiger partial charge on any atom is -0.283 e. The van der Waals surface area contributed by atoms with E-state index < -0.39 is 15.2 Å². The first-order chi connectivity index (χ1) is 13.5. The lowest BCUT2D eigenvalue weighted by Crippen LogP contribution is -2.44. The van der Waals surface area contributed by atoms with E-state index in [0.717, 1.165) is 32.4 Å². The van der Waals surface area contributed by atoms with Gasteiger partial charge < -0.3 is 0 Å². The van der Waals surface area contributed by atoms with E-state index >= 15 is 0 Å². The number of benzene rings is 2. The fraction of sp³-hybridized carbons (Fsp3) is 0.417. The molecule has 0 spiro atoms. The van der Waals surface area contributed by atoms with Crippen LogP contribution >= 0.6 is 0 Å². The maximum absolute atomic E-state index is 13.4. The highest BCUT2D eigenvalue weighted by atomic mass is 32.2. The number of hydrogen-bond donors (Lipinski definition) is 0. The third-order valence-electron chi connectivity index (χ3n) is 5.35. The molecule has 1 atom stereocenters. The molecule has 0 saturated carbocycles. The van der Waals surface area contributed by atoms with Gasteiger partial charge in [-0.05, 0) is 49.3 Å². The molecule has 3 nitrogen and oxygen atoms in total. The summed E-state index contributed by atoms with van der Waals surface area (Å²) < 4.78 is 26.9. The zero-order valence-corrected chi connectivity index (χ0v) is 17.7. The highest BCUT2D eigenvalue weighted by Crippen LogP contribution is 2.28. The number of likely N-dealkylation sites (tertiary alicyclic amines) is 1. The van der Waals surface area contributed by atoms with Crippen LogP contribution in [-0.4, -0.2) is 31.8 Å². The largest absolute Gasteiger partial charge is 0.283 e. The Morgan fingerprint density at radius 1 is 0.964 bits per heavy atom. The average molecular weight is 398 g/mol. The van der Waals surface area contributed by atoms with E-state index in [2.05, 4.69) is 37.0 Å². The highest BCUT2D eigenvalue weighted by Gasteiger charge is 2.34. The summed E-state index contributed by atoms with van der Waals surface area (Å²) in [6.45, 7) is 5.87. The van der Waals surface area contributed by atoms with Crippen LogP contribution in [0.5, 0.6) is 0 Å². The van der Waals surface area contributed by atoms with Gasteiger partial charge in [0.2, 0.25) is 0 Å². The molecule has 4 heteroatoms. The fourth-order valence-corrected chi connectivity index (χ4v) is 5.72. The van der Waals surface area contributed by atoms with Gasteiger partial charge >= 0.3 is 0 Å². The van der Waals surface area contributed by atoms with Gasteiger partial charge in [0.15, 0.2) is 9.84 Å². The van der Waals surface area contributed by atoms with E-state index in [1.807, 2.05) is 36.4 Å². The summed E-state index contributed by atoms with van der Waals surface area (Å²) in [7, 11) is -3.39. The van der Waals surface area contributed by atoms with Gasteiger partial charge in [-0.1, -0.05) is 74.0 Å². The SMILES string of the molecule is CC(C)CCC(N1CCCC(=Cc2ccccc2)C1)S(=O)(=O)c1ccccc1. The van der Waals surface area contributed by atoms with E-state index in [4.69, 9.17) is 0 Å². The molecule has 1 saturated heterocycles. The van der Waals surface area contributed by atoms with Crippen LogP contribution in [0.4, 0.5) is 0 Å². The molecule has 0 aromatic heterocycles. The summed E-state index contributed by atoms with van der Waals surface area (Å²) in [6, 6.07) is 19.2. The molecule has 1 aliphatic rings. The van der Waals surface area contributed by atoms with E-state index in [1.54, 1.807) is 12.1 Å². The van der Waals surface area contributed by atoms with Gasteiger partial charge in [0, 0.05) is 13.1 Å². The van der Waals surface area contributed by atoms with Gasteiger partial charge in [-0.2, -0.15) is 0 Å². The molecule has 1 fully saturated rings. The second-order valence-corrected chi connectivity index (χ2v) is 10.2. The average Bonchev–Trinajstić information content (AvgIpc) is 2.69. The first kappa shape index (κ1) is 20.8. The van der Waals surface area contributed by atoms with Crippen molar-refractivity contribution >= 4 is 15.9 Å². The van der Waals surface area contributed by atoms with Crippen LogP contribution in [0.25, 0.3) is 6.08 Å². The molecule has 1 heterocycles. The van der Waals surface area contributed by atoms with Crippen LogP contribution in [0.15, 0.2) is 71.1 Å². The van der Waals surface area contributed by atoms with Crippen LogP contribution in [0.3, 0.4) is 0 Å². The van der Waals surface area contributed by atoms with Gasteiger partial charge in [0.1, 0.15) is 5.37 Å². The topological polar surface area (TPSA) is 37.4 Å². The standard InChI is InChI=1S/C24H31NO2S/c1-20(2)15-16-24(28(26,27)23-13-7-4-8-14-23)25-17-9-12-22(19-25)18-21-10-5-3-6-11-21/h3-8,10-11,13-14,18,20,24H,9,12,15-17,19H2,1-2H3. The van der Waals surface area contributed by atoms with E-state index in [9.17, 15) is 8.42 Å². The minimum absolute atomic E-state index is 0.433. The van der Waals surface area contributed by atoms with E-state index in [-0.39, 0.29) is 0 Å². The molecule has 2 aromatic carbocycles. The number of piperidine rings is 1. The Morgan fingerprint density at radius 3 is 2.25 bits per heavy atom. The van der Waals surface area contributed by atoms with Gasteiger partial charge in [0.25, 0.3) is 0 Å². The number of nitrogens with zero attached hydrogens (tertiary/aromatic N) is 1. The molecule has 1 unspecified atom stereocenters. The third-order valence-corrected chi connectivity index (χ3v) is 7.53. The van der Waals surface area contributed by atoms with Crippen LogP contribution in [0, 0.1) is 5.92 Å². The molecule has 2 aromatic rings. The Hall–Kier alpha value is -1.91. The maximum atomic E-state index is 13.4. The van der Waals surface area contributed by atoms with Crippen LogP contribution in [-0.2, 0) is 9.84 Å². The van der Waals surface area contributed by atoms with Crippen LogP contribution in [0.1, 0.15) is 45.1 Å². The van der Waals surface area contributed by atoms with E-state index in [0.29, 0.717) is 17.2 Å². The maximum Gasteiger partial charge on any atom is 0.194 e. The molecule has 0 radical (unpaired) electrons. The monoisotopic (exact) mass is 397 g/mol. The molecule has 150 valence electrons. The van der Waals surface area contributed by atoms with Crippen molar-refractivity contribution in [2.45, 2.75) is 49.8 Å². The predicted octanol–water partition coefficient (Wildman–Crippen LogP) is 5.40. The van der Waals surface area contributed by atoms with Crippen molar-refractivity contribution in [3.05, 3.63) is 71.8 Å². The van der Waals surface area contributed by atoms with Crippen molar-refractivity contribution in [3.63, 3.8) is 0 Å². The summed E-state index contributed by atoms with van der Waals surface area (Å²) >= 11 is 0. The van der Waals surface area contributed by atoms with Crippen molar-refractivity contribution in [1.82, 2.24) is 4.90 Å². The number of hydrogen-bond acceptors (Lipinski definition) is 3. The van der Waals surface area contributed by atoms with Gasteiger partial charge in [0.05, 0.1) is 4.90 Å². The molecule has 3 rings (SSSR count). The Bertz CT molecular complexity index is 873. The van der Waals surface area contributed by atoms with Crippen molar-refractivity contribution in [3.8, 4) is 0 Å². The van der Waals surface area contributed by atoms with Crippen molar-refractivity contribution in [2.75, 3.05) is 13.1 Å². The van der Waals surface area contributed by atoms with Crippen LogP contribution in [0.2, 0.25) is 0 Å². The summed E-state index contributed by atoms with van der Waals surface area (Å²) in [4.78, 5) is 2.62. The molecular weight excluding hydrogens is 366 g/mol.